The van der Waals surface area contributed by atoms with Gasteiger partial charge in [0.05, 0.1) is 5.69 Å². The molecule has 2 aromatic rings. The van der Waals surface area contributed by atoms with Gasteiger partial charge in [0.2, 0.25) is 5.91 Å². The van der Waals surface area contributed by atoms with Crippen molar-refractivity contribution in [3.8, 4) is 0 Å². The predicted molar refractivity (Wildman–Crippen MR) is 82.8 cm³/mol. The van der Waals surface area contributed by atoms with Crippen LogP contribution in [0.5, 0.6) is 0 Å². The summed E-state index contributed by atoms with van der Waals surface area (Å²) in [6.45, 7) is 0. The smallest absolute Gasteiger partial charge is 0.224 e. The molecule has 2 aromatic carbocycles. The number of carbonyl (C=O) groups is 2. The second kappa shape index (κ2) is 7.01. The molecule has 0 unspecified atom stereocenters. The standard InChI is InChI=1S/C16H14BrNO2/c17-13-8-4-5-9-14(13)18-16(20)11-10-15(19)12-6-2-1-3-7-12/h1-9H,10-11H2,(H,18,20). The molecule has 0 aliphatic heterocycles. The topological polar surface area (TPSA) is 46.2 Å². The zero-order valence-corrected chi connectivity index (χ0v) is 12.4. The molecule has 0 fully saturated rings. The average Bonchev–Trinajstić information content (AvgIpc) is 2.48. The SMILES string of the molecule is O=C(CCC(=O)c1ccccc1)Nc1ccccc1Br. The van der Waals surface area contributed by atoms with Crippen molar-refractivity contribution in [2.45, 2.75) is 12.8 Å². The molecule has 0 saturated carbocycles. The van der Waals surface area contributed by atoms with Crippen molar-refractivity contribution in [2.24, 2.45) is 0 Å². The van der Waals surface area contributed by atoms with Gasteiger partial charge in [-0.25, -0.2) is 0 Å². The Balaban J connectivity index is 1.87. The molecule has 3 nitrogen and oxygen atoms in total. The van der Waals surface area contributed by atoms with E-state index in [0.29, 0.717) is 11.3 Å². The van der Waals surface area contributed by atoms with E-state index in [0.717, 1.165) is 4.47 Å². The third kappa shape index (κ3) is 4.03. The second-order valence-corrected chi connectivity index (χ2v) is 5.17. The van der Waals surface area contributed by atoms with Gasteiger partial charge in [-0.15, -0.1) is 0 Å². The summed E-state index contributed by atoms with van der Waals surface area (Å²) in [6.07, 6.45) is 0.384. The Labute approximate surface area is 126 Å². The lowest BCUT2D eigenvalue weighted by Crippen LogP contribution is -2.13. The summed E-state index contributed by atoms with van der Waals surface area (Å²) in [5, 5.41) is 2.78. The fourth-order valence-corrected chi connectivity index (χ4v) is 2.15. The van der Waals surface area contributed by atoms with Crippen LogP contribution in [0.3, 0.4) is 0 Å². The largest absolute Gasteiger partial charge is 0.325 e. The van der Waals surface area contributed by atoms with Crippen LogP contribution in [0.4, 0.5) is 5.69 Å². The molecule has 20 heavy (non-hydrogen) atoms. The zero-order chi connectivity index (χ0) is 14.4. The first-order valence-corrected chi connectivity index (χ1v) is 7.09. The normalized spacial score (nSPS) is 10.1. The summed E-state index contributed by atoms with van der Waals surface area (Å²) in [7, 11) is 0. The Kier molecular flexibility index (Phi) is 5.07. The minimum absolute atomic E-state index is 0.0205. The van der Waals surface area contributed by atoms with Crippen molar-refractivity contribution in [1.29, 1.82) is 0 Å². The Bertz CT molecular complexity index is 611. The molecule has 102 valence electrons. The van der Waals surface area contributed by atoms with Gasteiger partial charge in [-0.3, -0.25) is 9.59 Å². The van der Waals surface area contributed by atoms with Gasteiger partial charge in [-0.05, 0) is 28.1 Å². The number of para-hydroxylation sites is 1. The Morgan fingerprint density at radius 3 is 2.25 bits per heavy atom. The van der Waals surface area contributed by atoms with E-state index in [9.17, 15) is 9.59 Å². The third-order valence-electron chi connectivity index (χ3n) is 2.82. The number of carbonyl (C=O) groups excluding carboxylic acids is 2. The highest BCUT2D eigenvalue weighted by atomic mass is 79.9. The number of hydrogen-bond acceptors (Lipinski definition) is 2. The molecule has 1 N–H and O–H groups in total. The van der Waals surface area contributed by atoms with Gasteiger partial charge in [0.15, 0.2) is 5.78 Å². The molecule has 2 rings (SSSR count). The molecular weight excluding hydrogens is 318 g/mol. The van der Waals surface area contributed by atoms with Crippen LogP contribution in [0.25, 0.3) is 0 Å². The van der Waals surface area contributed by atoms with Gasteiger partial charge in [-0.2, -0.15) is 0 Å². The minimum atomic E-state index is -0.166. The van der Waals surface area contributed by atoms with Crippen molar-refractivity contribution >= 4 is 33.3 Å². The van der Waals surface area contributed by atoms with Crippen LogP contribution in [0.15, 0.2) is 59.1 Å². The lowest BCUT2D eigenvalue weighted by atomic mass is 10.1. The number of anilines is 1. The summed E-state index contributed by atoms with van der Waals surface area (Å²) in [6, 6.07) is 16.4. The van der Waals surface area contributed by atoms with Crippen LogP contribution in [-0.4, -0.2) is 11.7 Å². The third-order valence-corrected chi connectivity index (χ3v) is 3.51. The van der Waals surface area contributed by atoms with Gasteiger partial charge in [0.1, 0.15) is 0 Å². The van der Waals surface area contributed by atoms with E-state index in [1.807, 2.05) is 36.4 Å². The van der Waals surface area contributed by atoms with Crippen LogP contribution >= 0.6 is 15.9 Å². The summed E-state index contributed by atoms with van der Waals surface area (Å²) < 4.78 is 0.822. The van der Waals surface area contributed by atoms with Gasteiger partial charge in [0.25, 0.3) is 0 Å². The summed E-state index contributed by atoms with van der Waals surface area (Å²) in [5.74, 6) is -0.186. The minimum Gasteiger partial charge on any atom is -0.325 e. The van der Waals surface area contributed by atoms with E-state index in [2.05, 4.69) is 21.2 Å². The van der Waals surface area contributed by atoms with Crippen LogP contribution in [0, 0.1) is 0 Å². The van der Waals surface area contributed by atoms with E-state index in [-0.39, 0.29) is 24.5 Å². The number of Topliss-reactive ketones (excluding diaryl/α,β-unsaturated/α-hetero) is 1. The molecule has 1 amide bonds. The van der Waals surface area contributed by atoms with E-state index in [1.165, 1.54) is 0 Å². The molecule has 0 heterocycles. The highest BCUT2D eigenvalue weighted by molar-refractivity contribution is 9.10. The number of nitrogens with one attached hydrogen (secondary N) is 1. The van der Waals surface area contributed by atoms with Crippen molar-refractivity contribution in [1.82, 2.24) is 0 Å². The lowest BCUT2D eigenvalue weighted by Gasteiger charge is -2.06. The Hall–Kier alpha value is -1.94. The lowest BCUT2D eigenvalue weighted by molar-refractivity contribution is -0.116. The van der Waals surface area contributed by atoms with E-state index >= 15 is 0 Å². The molecule has 0 aliphatic carbocycles. The van der Waals surface area contributed by atoms with Crippen molar-refractivity contribution in [3.05, 3.63) is 64.6 Å². The first-order chi connectivity index (χ1) is 9.66. The number of benzene rings is 2. The van der Waals surface area contributed by atoms with Crippen LogP contribution < -0.4 is 5.32 Å². The molecule has 0 aliphatic rings. The van der Waals surface area contributed by atoms with Gasteiger partial charge in [0, 0.05) is 22.9 Å². The highest BCUT2D eigenvalue weighted by Gasteiger charge is 2.10. The van der Waals surface area contributed by atoms with Gasteiger partial charge in [-0.1, -0.05) is 42.5 Å². The molecule has 0 bridgehead atoms. The fourth-order valence-electron chi connectivity index (χ4n) is 1.77. The second-order valence-electron chi connectivity index (χ2n) is 4.32. The Morgan fingerprint density at radius 1 is 0.900 bits per heavy atom. The maximum atomic E-state index is 11.9. The monoisotopic (exact) mass is 331 g/mol. The summed E-state index contributed by atoms with van der Waals surface area (Å²) in [4.78, 5) is 23.7. The summed E-state index contributed by atoms with van der Waals surface area (Å²) in [5.41, 5.74) is 1.35. The predicted octanol–water partition coefficient (Wildman–Crippen LogP) is 4.05. The summed E-state index contributed by atoms with van der Waals surface area (Å²) >= 11 is 3.36. The maximum Gasteiger partial charge on any atom is 0.224 e. The number of hydrogen-bond donors (Lipinski definition) is 1. The van der Waals surface area contributed by atoms with Crippen molar-refractivity contribution in [2.75, 3.05) is 5.32 Å². The van der Waals surface area contributed by atoms with Crippen LogP contribution in [0.1, 0.15) is 23.2 Å². The van der Waals surface area contributed by atoms with E-state index in [1.54, 1.807) is 18.2 Å². The molecule has 0 spiro atoms. The Morgan fingerprint density at radius 2 is 1.55 bits per heavy atom. The number of halogens is 1. The molecule has 0 aromatic heterocycles. The zero-order valence-electron chi connectivity index (χ0n) is 10.8. The van der Waals surface area contributed by atoms with Crippen LogP contribution in [-0.2, 0) is 4.79 Å². The van der Waals surface area contributed by atoms with Gasteiger partial charge < -0.3 is 5.32 Å². The van der Waals surface area contributed by atoms with Crippen LogP contribution in [0.2, 0.25) is 0 Å². The number of ketones is 1. The molecule has 0 atom stereocenters. The van der Waals surface area contributed by atoms with E-state index < -0.39 is 0 Å². The fraction of sp³-hybridized carbons (Fsp3) is 0.125. The van der Waals surface area contributed by atoms with Crippen molar-refractivity contribution < 1.29 is 9.59 Å². The highest BCUT2D eigenvalue weighted by Crippen LogP contribution is 2.21. The first kappa shape index (κ1) is 14.5. The molecule has 4 heteroatoms. The molecule has 0 saturated heterocycles. The first-order valence-electron chi connectivity index (χ1n) is 6.29. The molecule has 0 radical (unpaired) electrons. The van der Waals surface area contributed by atoms with E-state index in [4.69, 9.17) is 0 Å². The van der Waals surface area contributed by atoms with Gasteiger partial charge >= 0.3 is 0 Å². The number of amides is 1. The number of rotatable bonds is 5. The van der Waals surface area contributed by atoms with Crippen molar-refractivity contribution in [3.63, 3.8) is 0 Å². The maximum absolute atomic E-state index is 11.9. The molecular formula is C16H14BrNO2. The average molecular weight is 332 g/mol. The quantitative estimate of drug-likeness (QED) is 0.840.